The minimum atomic E-state index is -0.279. The molecule has 9 nitrogen and oxygen atoms in total. The molecule has 148 valence electrons. The highest BCUT2D eigenvalue weighted by Crippen LogP contribution is 2.37. The van der Waals surface area contributed by atoms with Gasteiger partial charge in [-0.15, -0.1) is 5.10 Å². The van der Waals surface area contributed by atoms with Crippen molar-refractivity contribution in [3.8, 4) is 11.5 Å². The summed E-state index contributed by atoms with van der Waals surface area (Å²) in [7, 11) is 0. The van der Waals surface area contributed by atoms with Gasteiger partial charge in [-0.05, 0) is 30.3 Å². The zero-order valence-corrected chi connectivity index (χ0v) is 16.4. The summed E-state index contributed by atoms with van der Waals surface area (Å²) in [5.41, 5.74) is 4.37. The second-order valence-corrected chi connectivity index (χ2v) is 7.41. The fourth-order valence-electron chi connectivity index (χ4n) is 3.85. The van der Waals surface area contributed by atoms with Crippen molar-refractivity contribution in [2.75, 3.05) is 11.4 Å². The van der Waals surface area contributed by atoms with Crippen molar-refractivity contribution in [1.29, 1.82) is 0 Å². The van der Waals surface area contributed by atoms with Gasteiger partial charge >= 0.3 is 6.01 Å². The number of aromatic amines is 1. The number of halogens is 1. The van der Waals surface area contributed by atoms with E-state index in [0.29, 0.717) is 23.5 Å². The van der Waals surface area contributed by atoms with Crippen LogP contribution in [0.1, 0.15) is 23.1 Å². The predicted molar refractivity (Wildman–Crippen MR) is 109 cm³/mol. The van der Waals surface area contributed by atoms with E-state index in [1.54, 1.807) is 23.2 Å². The summed E-state index contributed by atoms with van der Waals surface area (Å²) in [5.74, 6) is 0.419. The van der Waals surface area contributed by atoms with E-state index in [-0.39, 0.29) is 6.04 Å². The maximum Gasteiger partial charge on any atom is 0.319 e. The van der Waals surface area contributed by atoms with Crippen molar-refractivity contribution in [1.82, 2.24) is 34.8 Å². The molecule has 0 spiro atoms. The molecule has 5 aromatic rings. The van der Waals surface area contributed by atoms with Crippen molar-refractivity contribution >= 4 is 23.1 Å². The third-order valence-corrected chi connectivity index (χ3v) is 5.56. The highest BCUT2D eigenvalue weighted by molar-refractivity contribution is 6.33. The summed E-state index contributed by atoms with van der Waals surface area (Å²) < 4.78 is 7.78. The molecule has 30 heavy (non-hydrogen) atoms. The quantitative estimate of drug-likeness (QED) is 0.479. The molecule has 0 amide bonds. The molecule has 0 saturated heterocycles. The van der Waals surface area contributed by atoms with Gasteiger partial charge in [0.1, 0.15) is 6.04 Å². The Morgan fingerprint density at radius 2 is 2.17 bits per heavy atom. The Hall–Kier alpha value is -3.72. The van der Waals surface area contributed by atoms with Crippen molar-refractivity contribution < 1.29 is 4.42 Å². The molecular formula is C20H15ClN8O. The highest BCUT2D eigenvalue weighted by Gasteiger charge is 2.36. The minimum Gasteiger partial charge on any atom is -0.403 e. The molecule has 1 atom stereocenters. The number of hydrogen-bond donors (Lipinski definition) is 1. The Kier molecular flexibility index (Phi) is 3.81. The highest BCUT2D eigenvalue weighted by atomic mass is 35.5. The van der Waals surface area contributed by atoms with Gasteiger partial charge in [0.05, 0.1) is 33.8 Å². The average Bonchev–Trinajstić information content (AvgIpc) is 3.52. The maximum atomic E-state index is 6.37. The van der Waals surface area contributed by atoms with Gasteiger partial charge in [0.25, 0.3) is 5.89 Å². The standard InChI is InChI=1S/C20H15ClN8O/c21-13-4-2-7-29-16(13)9-15(27-29)18-17-14(23-11-24-17)5-8-28(18)20-26-25-19(30-20)12-3-1-6-22-10-12/h1-4,6-7,9-11,18H,5,8H2,(H,23,24). The smallest absolute Gasteiger partial charge is 0.319 e. The molecule has 10 heteroatoms. The van der Waals surface area contributed by atoms with Gasteiger partial charge in [-0.3, -0.25) is 4.98 Å². The number of hydrogen-bond acceptors (Lipinski definition) is 7. The van der Waals surface area contributed by atoms with E-state index in [9.17, 15) is 0 Å². The third-order valence-electron chi connectivity index (χ3n) is 5.24. The molecule has 1 aliphatic heterocycles. The van der Waals surface area contributed by atoms with Gasteiger partial charge in [-0.2, -0.15) is 5.10 Å². The Balaban J connectivity index is 1.46. The van der Waals surface area contributed by atoms with Crippen LogP contribution in [-0.4, -0.2) is 41.3 Å². The summed E-state index contributed by atoms with van der Waals surface area (Å²) in [6.07, 6.45) is 7.76. The van der Waals surface area contributed by atoms with Gasteiger partial charge in [-0.25, -0.2) is 9.50 Å². The summed E-state index contributed by atoms with van der Waals surface area (Å²) in [5, 5.41) is 13.9. The zero-order chi connectivity index (χ0) is 20.1. The lowest BCUT2D eigenvalue weighted by molar-refractivity contribution is 0.503. The first-order valence-corrected chi connectivity index (χ1v) is 9.82. The summed E-state index contributed by atoms with van der Waals surface area (Å²) >= 11 is 6.37. The lowest BCUT2D eigenvalue weighted by Gasteiger charge is -2.32. The number of fused-ring (bicyclic) bond motifs is 2. The molecule has 0 bridgehead atoms. The summed E-state index contributed by atoms with van der Waals surface area (Å²) in [6, 6.07) is 9.53. The number of aromatic nitrogens is 7. The summed E-state index contributed by atoms with van der Waals surface area (Å²) in [4.78, 5) is 14.0. The van der Waals surface area contributed by atoms with E-state index in [1.807, 2.05) is 41.4 Å². The van der Waals surface area contributed by atoms with Gasteiger partial charge in [-0.1, -0.05) is 16.7 Å². The summed E-state index contributed by atoms with van der Waals surface area (Å²) in [6.45, 7) is 0.677. The lowest BCUT2D eigenvalue weighted by Crippen LogP contribution is -2.36. The Labute approximate surface area is 175 Å². The van der Waals surface area contributed by atoms with Crippen LogP contribution in [0.25, 0.3) is 17.0 Å². The Bertz CT molecular complexity index is 1340. The van der Waals surface area contributed by atoms with E-state index < -0.39 is 0 Å². The van der Waals surface area contributed by atoms with Crippen LogP contribution in [0, 0.1) is 0 Å². The SMILES string of the molecule is Clc1cccn2nc(C3c4nc[nH]c4CCN3c3nnc(-c4cccnc4)o3)cc12. The van der Waals surface area contributed by atoms with Crippen LogP contribution in [0.5, 0.6) is 0 Å². The molecule has 1 unspecified atom stereocenters. The van der Waals surface area contributed by atoms with E-state index in [2.05, 4.69) is 25.1 Å². The number of imidazole rings is 1. The third kappa shape index (κ3) is 2.66. The molecule has 0 aliphatic carbocycles. The van der Waals surface area contributed by atoms with E-state index >= 15 is 0 Å². The van der Waals surface area contributed by atoms with Crippen molar-refractivity contribution in [3.63, 3.8) is 0 Å². The molecule has 0 saturated carbocycles. The molecule has 0 aromatic carbocycles. The second kappa shape index (κ2) is 6.67. The molecule has 0 radical (unpaired) electrons. The van der Waals surface area contributed by atoms with Crippen molar-refractivity contribution in [2.24, 2.45) is 0 Å². The Morgan fingerprint density at radius 1 is 1.20 bits per heavy atom. The predicted octanol–water partition coefficient (Wildman–Crippen LogP) is 3.31. The number of nitrogens with one attached hydrogen (secondary N) is 1. The van der Waals surface area contributed by atoms with Gasteiger partial charge in [0.2, 0.25) is 0 Å². The van der Waals surface area contributed by atoms with Crippen LogP contribution in [0.4, 0.5) is 6.01 Å². The molecule has 1 N–H and O–H groups in total. The monoisotopic (exact) mass is 418 g/mol. The first-order chi connectivity index (χ1) is 14.8. The van der Waals surface area contributed by atoms with Crippen LogP contribution in [0.3, 0.4) is 0 Å². The van der Waals surface area contributed by atoms with Gasteiger partial charge < -0.3 is 14.3 Å². The minimum absolute atomic E-state index is 0.279. The average molecular weight is 419 g/mol. The van der Waals surface area contributed by atoms with Crippen molar-refractivity contribution in [2.45, 2.75) is 12.5 Å². The number of nitrogens with zero attached hydrogens (tertiary/aromatic N) is 7. The largest absolute Gasteiger partial charge is 0.403 e. The fraction of sp³-hybridized carbons (Fsp3) is 0.150. The number of rotatable bonds is 3. The van der Waals surface area contributed by atoms with Crippen LogP contribution in [0.15, 0.2) is 59.7 Å². The van der Waals surface area contributed by atoms with E-state index in [0.717, 1.165) is 34.6 Å². The normalized spacial score (nSPS) is 16.2. The number of pyridine rings is 2. The van der Waals surface area contributed by atoms with Crippen LogP contribution >= 0.6 is 11.6 Å². The van der Waals surface area contributed by atoms with Crippen molar-refractivity contribution in [3.05, 3.63) is 77.4 Å². The van der Waals surface area contributed by atoms with E-state index in [1.165, 1.54) is 0 Å². The molecular weight excluding hydrogens is 404 g/mol. The van der Waals surface area contributed by atoms with Gasteiger partial charge in [0.15, 0.2) is 0 Å². The Morgan fingerprint density at radius 3 is 3.03 bits per heavy atom. The fourth-order valence-corrected chi connectivity index (χ4v) is 4.07. The number of H-pyrrole nitrogens is 1. The molecule has 5 aromatic heterocycles. The molecule has 1 aliphatic rings. The topological polar surface area (TPSA) is 101 Å². The zero-order valence-electron chi connectivity index (χ0n) is 15.6. The number of anilines is 1. The first-order valence-electron chi connectivity index (χ1n) is 9.44. The second-order valence-electron chi connectivity index (χ2n) is 7.00. The molecule has 6 rings (SSSR count). The van der Waals surface area contributed by atoms with Crippen LogP contribution in [-0.2, 0) is 6.42 Å². The maximum absolute atomic E-state index is 6.37. The van der Waals surface area contributed by atoms with Gasteiger partial charge in [0, 0.05) is 37.3 Å². The lowest BCUT2D eigenvalue weighted by atomic mass is 10.0. The first kappa shape index (κ1) is 17.2. The van der Waals surface area contributed by atoms with Crippen LogP contribution in [0.2, 0.25) is 5.02 Å². The molecule has 6 heterocycles. The molecule has 0 fully saturated rings. The van der Waals surface area contributed by atoms with Crippen LogP contribution < -0.4 is 4.90 Å². The van der Waals surface area contributed by atoms with E-state index in [4.69, 9.17) is 21.1 Å².